The van der Waals surface area contributed by atoms with Gasteiger partial charge in [0.2, 0.25) is 0 Å². The first kappa shape index (κ1) is 7.23. The molecule has 0 bridgehead atoms. The lowest BCUT2D eigenvalue weighted by molar-refractivity contribution is 1.20. The highest BCUT2D eigenvalue weighted by molar-refractivity contribution is 9.10. The Morgan fingerprint density at radius 1 is 1.70 bits per heavy atom. The van der Waals surface area contributed by atoms with Gasteiger partial charge < -0.3 is 0 Å². The Bertz CT molecular complexity index is 288. The van der Waals surface area contributed by atoms with E-state index in [0.29, 0.717) is 5.69 Å². The Balaban J connectivity index is 3.31. The molecule has 0 aliphatic rings. The number of hydrogen-bond donors (Lipinski definition) is 0. The summed E-state index contributed by atoms with van der Waals surface area (Å²) < 4.78 is 0.930. The molecule has 0 radical (unpaired) electrons. The zero-order valence-corrected chi connectivity index (χ0v) is 7.01. The maximum atomic E-state index is 8.51. The topological polar surface area (TPSA) is 36.7 Å². The highest BCUT2D eigenvalue weighted by Gasteiger charge is 1.99. The lowest BCUT2D eigenvalue weighted by Gasteiger charge is -1.96. The molecule has 1 aromatic heterocycles. The predicted molar refractivity (Wildman–Crippen MR) is 41.4 cm³/mol. The third-order valence-corrected chi connectivity index (χ3v) is 2.10. The van der Waals surface area contributed by atoms with Crippen LogP contribution in [0.4, 0.5) is 0 Å². The predicted octanol–water partition coefficient (Wildman–Crippen LogP) is 2.02. The summed E-state index contributed by atoms with van der Waals surface area (Å²) in [6, 6.07) is 3.81. The Morgan fingerprint density at radius 2 is 2.40 bits per heavy atom. The van der Waals surface area contributed by atoms with Gasteiger partial charge in [0.05, 0.1) is 0 Å². The minimum absolute atomic E-state index is 0.481. The molecule has 10 heavy (non-hydrogen) atoms. The molecule has 0 saturated heterocycles. The fourth-order valence-electron chi connectivity index (χ4n) is 0.625. The average molecular weight is 197 g/mol. The van der Waals surface area contributed by atoms with Gasteiger partial charge in [-0.1, -0.05) is 15.9 Å². The van der Waals surface area contributed by atoms with Crippen LogP contribution in [0, 0.1) is 18.3 Å². The summed E-state index contributed by atoms with van der Waals surface area (Å²) in [7, 11) is 0. The number of hydrogen-bond acceptors (Lipinski definition) is 2. The van der Waals surface area contributed by atoms with Crippen molar-refractivity contribution in [3.05, 3.63) is 28.0 Å². The summed E-state index contributed by atoms with van der Waals surface area (Å²) in [5, 5.41) is 8.51. The van der Waals surface area contributed by atoms with Crippen LogP contribution in [0.5, 0.6) is 0 Å². The Hall–Kier alpha value is -0.880. The van der Waals surface area contributed by atoms with Crippen molar-refractivity contribution in [2.45, 2.75) is 6.92 Å². The number of nitrogens with zero attached hydrogens (tertiary/aromatic N) is 2. The van der Waals surface area contributed by atoms with Crippen LogP contribution in [0.25, 0.3) is 0 Å². The molecule has 3 heteroatoms. The van der Waals surface area contributed by atoms with Crippen molar-refractivity contribution in [1.29, 1.82) is 5.26 Å². The number of pyridine rings is 1. The summed E-state index contributed by atoms with van der Waals surface area (Å²) in [5.41, 5.74) is 1.37. The lowest BCUT2D eigenvalue weighted by Crippen LogP contribution is -1.86. The second kappa shape index (κ2) is 2.80. The summed E-state index contributed by atoms with van der Waals surface area (Å²) in [6.45, 7) is 1.86. The van der Waals surface area contributed by atoms with Gasteiger partial charge in [-0.15, -0.1) is 0 Å². The van der Waals surface area contributed by atoms with E-state index in [1.54, 1.807) is 6.20 Å². The van der Waals surface area contributed by atoms with E-state index in [4.69, 9.17) is 5.26 Å². The maximum absolute atomic E-state index is 8.51. The molecule has 2 nitrogen and oxygen atoms in total. The summed E-state index contributed by atoms with van der Waals surface area (Å²) in [4.78, 5) is 3.87. The standard InChI is InChI=1S/C7H5BrN2/c1-5-6(8)2-3-10-7(5)4-9/h2-3H,1H3. The van der Waals surface area contributed by atoms with Crippen LogP contribution in [-0.4, -0.2) is 4.98 Å². The second-order valence-electron chi connectivity index (χ2n) is 1.88. The molecular weight excluding hydrogens is 192 g/mol. The molecule has 1 heterocycles. The minimum atomic E-state index is 0.481. The van der Waals surface area contributed by atoms with Gasteiger partial charge in [0.25, 0.3) is 0 Å². The van der Waals surface area contributed by atoms with Crippen LogP contribution in [0.2, 0.25) is 0 Å². The van der Waals surface area contributed by atoms with Crippen molar-refractivity contribution in [2.75, 3.05) is 0 Å². The van der Waals surface area contributed by atoms with Crippen molar-refractivity contribution in [3.63, 3.8) is 0 Å². The van der Waals surface area contributed by atoms with E-state index < -0.39 is 0 Å². The minimum Gasteiger partial charge on any atom is -0.245 e. The quantitative estimate of drug-likeness (QED) is 0.637. The van der Waals surface area contributed by atoms with E-state index in [1.807, 2.05) is 19.1 Å². The Kier molecular flexibility index (Phi) is 2.03. The molecule has 50 valence electrons. The molecule has 0 aromatic carbocycles. The largest absolute Gasteiger partial charge is 0.245 e. The van der Waals surface area contributed by atoms with Crippen LogP contribution >= 0.6 is 15.9 Å². The highest BCUT2D eigenvalue weighted by atomic mass is 79.9. The number of aromatic nitrogens is 1. The fourth-order valence-corrected chi connectivity index (χ4v) is 0.931. The zero-order chi connectivity index (χ0) is 7.56. The van der Waals surface area contributed by atoms with E-state index in [-0.39, 0.29) is 0 Å². The molecule has 0 unspecified atom stereocenters. The smallest absolute Gasteiger partial charge is 0.144 e. The molecule has 1 rings (SSSR count). The van der Waals surface area contributed by atoms with Gasteiger partial charge in [-0.2, -0.15) is 5.26 Å². The van der Waals surface area contributed by atoms with Crippen molar-refractivity contribution in [1.82, 2.24) is 4.98 Å². The summed E-state index contributed by atoms with van der Waals surface area (Å²) >= 11 is 3.30. The van der Waals surface area contributed by atoms with Gasteiger partial charge in [-0.25, -0.2) is 4.98 Å². The van der Waals surface area contributed by atoms with Crippen molar-refractivity contribution >= 4 is 15.9 Å². The van der Waals surface area contributed by atoms with Gasteiger partial charge in [0.1, 0.15) is 11.8 Å². The van der Waals surface area contributed by atoms with Crippen LogP contribution in [0.1, 0.15) is 11.3 Å². The summed E-state index contributed by atoms with van der Waals surface area (Å²) in [5.74, 6) is 0. The molecule has 0 spiro atoms. The van der Waals surface area contributed by atoms with E-state index >= 15 is 0 Å². The molecular formula is C7H5BrN2. The second-order valence-corrected chi connectivity index (χ2v) is 2.73. The maximum Gasteiger partial charge on any atom is 0.144 e. The van der Waals surface area contributed by atoms with E-state index in [2.05, 4.69) is 20.9 Å². The average Bonchev–Trinajstić information content (AvgIpc) is 1.95. The fraction of sp³-hybridized carbons (Fsp3) is 0.143. The van der Waals surface area contributed by atoms with Gasteiger partial charge >= 0.3 is 0 Å². The van der Waals surface area contributed by atoms with Gasteiger partial charge in [-0.3, -0.25) is 0 Å². The lowest BCUT2D eigenvalue weighted by atomic mass is 10.2. The molecule has 0 N–H and O–H groups in total. The molecule has 1 aromatic rings. The van der Waals surface area contributed by atoms with Gasteiger partial charge in [0, 0.05) is 10.7 Å². The molecule has 0 fully saturated rings. The van der Waals surface area contributed by atoms with Crippen molar-refractivity contribution in [2.24, 2.45) is 0 Å². The number of rotatable bonds is 0. The third kappa shape index (κ3) is 1.17. The van der Waals surface area contributed by atoms with Crippen LogP contribution in [-0.2, 0) is 0 Å². The first-order valence-electron chi connectivity index (χ1n) is 2.77. The number of halogens is 1. The molecule has 0 atom stereocenters. The molecule has 0 amide bonds. The van der Waals surface area contributed by atoms with Crippen LogP contribution in [0.3, 0.4) is 0 Å². The SMILES string of the molecule is Cc1c(Br)ccnc1C#N. The van der Waals surface area contributed by atoms with Gasteiger partial charge in [0.15, 0.2) is 0 Å². The van der Waals surface area contributed by atoms with E-state index in [1.165, 1.54) is 0 Å². The Morgan fingerprint density at radius 3 is 2.90 bits per heavy atom. The zero-order valence-electron chi connectivity index (χ0n) is 5.43. The van der Waals surface area contributed by atoms with E-state index in [0.717, 1.165) is 10.0 Å². The Labute approximate surface area is 67.6 Å². The van der Waals surface area contributed by atoms with E-state index in [9.17, 15) is 0 Å². The molecule has 0 saturated carbocycles. The van der Waals surface area contributed by atoms with Gasteiger partial charge in [-0.05, 0) is 18.6 Å². The van der Waals surface area contributed by atoms with Crippen LogP contribution < -0.4 is 0 Å². The first-order valence-corrected chi connectivity index (χ1v) is 3.56. The highest BCUT2D eigenvalue weighted by Crippen LogP contribution is 2.15. The van der Waals surface area contributed by atoms with Crippen LogP contribution in [0.15, 0.2) is 16.7 Å². The molecule has 0 aliphatic heterocycles. The normalized spacial score (nSPS) is 8.90. The van der Waals surface area contributed by atoms with Crippen molar-refractivity contribution in [3.8, 4) is 6.07 Å². The summed E-state index contributed by atoms with van der Waals surface area (Å²) in [6.07, 6.45) is 1.61. The number of nitriles is 1. The first-order chi connectivity index (χ1) is 4.75. The molecule has 0 aliphatic carbocycles. The third-order valence-electron chi connectivity index (χ3n) is 1.24. The monoisotopic (exact) mass is 196 g/mol. The van der Waals surface area contributed by atoms with Crippen molar-refractivity contribution < 1.29 is 0 Å².